The van der Waals surface area contributed by atoms with Crippen LogP contribution < -0.4 is 5.06 Å². The fourth-order valence-corrected chi connectivity index (χ4v) is 0.929. The van der Waals surface area contributed by atoms with Crippen molar-refractivity contribution in [2.45, 2.75) is 37.1 Å². The summed E-state index contributed by atoms with van der Waals surface area (Å²) in [5, 5.41) is 0.955. The molecule has 0 saturated heterocycles. The van der Waals surface area contributed by atoms with E-state index in [0.717, 1.165) is 18.2 Å². The lowest BCUT2D eigenvalue weighted by atomic mass is 10.2. The molecule has 0 aromatic heterocycles. The number of hydrogen-bond acceptors (Lipinski definition) is 1. The molecular weight excluding hydrogens is 232 g/mol. The van der Waals surface area contributed by atoms with Gasteiger partial charge in [-0.05, 0) is 27.7 Å². The van der Waals surface area contributed by atoms with Crippen LogP contribution in [0.15, 0.2) is 0 Å². The Bertz CT molecular complexity index is 152. The van der Waals surface area contributed by atoms with Gasteiger partial charge in [0.25, 0.3) is 0 Å². The minimum absolute atomic E-state index is 0.779. The van der Waals surface area contributed by atoms with Gasteiger partial charge in [-0.25, -0.2) is 0 Å². The lowest BCUT2D eigenvalue weighted by Crippen LogP contribution is -3.12. The molecule has 0 atom stereocenters. The third-order valence-corrected chi connectivity index (χ3v) is 3.24. The van der Waals surface area contributed by atoms with Crippen molar-refractivity contribution in [3.63, 3.8) is 0 Å². The molecule has 0 unspecified atom stereocenters. The smallest absolute Gasteiger partial charge is 0.194 e. The van der Waals surface area contributed by atoms with Crippen LogP contribution in [0.1, 0.15) is 27.7 Å². The van der Waals surface area contributed by atoms with Crippen LogP contribution in [-0.4, -0.2) is 22.5 Å². The third-order valence-electron chi connectivity index (χ3n) is 1.87. The van der Waals surface area contributed by atoms with Gasteiger partial charge >= 0.3 is 0 Å². The van der Waals surface area contributed by atoms with Crippen molar-refractivity contribution >= 4 is 34.8 Å². The van der Waals surface area contributed by atoms with Gasteiger partial charge in [-0.1, -0.05) is 34.8 Å². The Labute approximate surface area is 95.0 Å². The lowest BCUT2D eigenvalue weighted by molar-refractivity contribution is -1.10. The Kier molecular flexibility index (Phi) is 5.34. The van der Waals surface area contributed by atoms with Crippen LogP contribution in [0.3, 0.4) is 0 Å². The van der Waals surface area contributed by atoms with E-state index in [0.29, 0.717) is 0 Å². The molecule has 13 heavy (non-hydrogen) atoms. The number of quaternary nitrogens is 1. The highest BCUT2D eigenvalue weighted by Crippen LogP contribution is 2.39. The van der Waals surface area contributed by atoms with Crippen molar-refractivity contribution in [1.82, 2.24) is 0 Å². The first-order valence-corrected chi connectivity index (χ1v) is 5.48. The molecule has 5 heteroatoms. The van der Waals surface area contributed by atoms with Gasteiger partial charge in [0, 0.05) is 0 Å². The van der Waals surface area contributed by atoms with E-state index in [-0.39, 0.29) is 0 Å². The summed E-state index contributed by atoms with van der Waals surface area (Å²) in [5.74, 6) is 0. The summed E-state index contributed by atoms with van der Waals surface area (Å²) in [7, 11) is 0. The van der Waals surface area contributed by atoms with Crippen LogP contribution in [0.4, 0.5) is 0 Å². The maximum Gasteiger partial charge on any atom is 0.224 e. The average Bonchev–Trinajstić information content (AvgIpc) is 1.98. The molecule has 2 nitrogen and oxygen atoms in total. The van der Waals surface area contributed by atoms with Gasteiger partial charge in [0.05, 0.1) is 0 Å². The Morgan fingerprint density at radius 2 is 1.46 bits per heavy atom. The highest BCUT2D eigenvalue weighted by atomic mass is 35.6. The minimum Gasteiger partial charge on any atom is -0.194 e. The van der Waals surface area contributed by atoms with Crippen molar-refractivity contribution in [3.05, 3.63) is 0 Å². The summed E-state index contributed by atoms with van der Waals surface area (Å²) in [5.41, 5.74) is -0.779. The van der Waals surface area contributed by atoms with Crippen LogP contribution in [-0.2, 0) is 4.84 Å². The van der Waals surface area contributed by atoms with Gasteiger partial charge in [0.15, 0.2) is 5.60 Å². The van der Waals surface area contributed by atoms with E-state index in [9.17, 15) is 0 Å². The number of rotatable bonds is 4. The summed E-state index contributed by atoms with van der Waals surface area (Å²) in [6.45, 7) is 9.28. The molecule has 0 aliphatic heterocycles. The lowest BCUT2D eigenvalue weighted by Gasteiger charge is -2.32. The fourth-order valence-electron chi connectivity index (χ4n) is 0.813. The van der Waals surface area contributed by atoms with E-state index >= 15 is 0 Å². The van der Waals surface area contributed by atoms with Gasteiger partial charge < -0.3 is 0 Å². The highest BCUT2D eigenvalue weighted by molar-refractivity contribution is 6.68. The highest BCUT2D eigenvalue weighted by Gasteiger charge is 2.45. The molecule has 0 aliphatic carbocycles. The van der Waals surface area contributed by atoms with Crippen LogP contribution in [0.5, 0.6) is 0 Å². The first-order valence-electron chi connectivity index (χ1n) is 4.35. The normalized spacial score (nSPS) is 13.8. The summed E-state index contributed by atoms with van der Waals surface area (Å²) < 4.78 is -1.40. The topological polar surface area (TPSA) is 13.7 Å². The molecular formula is C8H17Cl3NO+. The minimum atomic E-state index is -1.40. The molecule has 0 saturated carbocycles. The van der Waals surface area contributed by atoms with Crippen molar-refractivity contribution in [1.29, 1.82) is 0 Å². The van der Waals surface area contributed by atoms with Gasteiger partial charge in [-0.2, -0.15) is 9.90 Å². The largest absolute Gasteiger partial charge is 0.224 e. The van der Waals surface area contributed by atoms with Crippen molar-refractivity contribution in [3.8, 4) is 0 Å². The maximum absolute atomic E-state index is 5.78. The van der Waals surface area contributed by atoms with Gasteiger partial charge in [-0.15, -0.1) is 0 Å². The number of nitrogens with one attached hydrogen (secondary N) is 1. The van der Waals surface area contributed by atoms with Gasteiger partial charge in [0.1, 0.15) is 13.1 Å². The first kappa shape index (κ1) is 13.8. The fraction of sp³-hybridized carbons (Fsp3) is 1.00. The molecule has 0 bridgehead atoms. The third kappa shape index (κ3) is 4.22. The van der Waals surface area contributed by atoms with Crippen molar-refractivity contribution < 1.29 is 9.90 Å². The second-order valence-corrected chi connectivity index (χ2v) is 5.64. The summed E-state index contributed by atoms with van der Waals surface area (Å²) in [6.07, 6.45) is 0. The van der Waals surface area contributed by atoms with Crippen molar-refractivity contribution in [2.24, 2.45) is 0 Å². The first-order chi connectivity index (χ1) is 5.74. The van der Waals surface area contributed by atoms with Gasteiger partial charge in [0.2, 0.25) is 3.79 Å². The molecule has 80 valence electrons. The second kappa shape index (κ2) is 5.04. The second-order valence-electron chi connectivity index (χ2n) is 3.36. The van der Waals surface area contributed by atoms with Crippen LogP contribution in [0.2, 0.25) is 0 Å². The SMILES string of the molecule is CC[NH+](CC)OC(C)(C)C(Cl)(Cl)Cl. The molecule has 0 spiro atoms. The molecule has 1 N–H and O–H groups in total. The summed E-state index contributed by atoms with van der Waals surface area (Å²) in [4.78, 5) is 5.62. The van der Waals surface area contributed by atoms with E-state index in [4.69, 9.17) is 39.6 Å². The van der Waals surface area contributed by atoms with E-state index < -0.39 is 9.39 Å². The zero-order valence-corrected chi connectivity index (χ0v) is 10.7. The number of hydroxylamine groups is 2. The Morgan fingerprint density at radius 1 is 1.08 bits per heavy atom. The molecule has 0 rings (SSSR count). The molecule has 0 aliphatic rings. The number of hydrogen-bond donors (Lipinski definition) is 1. The predicted octanol–water partition coefficient (Wildman–Crippen LogP) is 1.99. The summed E-state index contributed by atoms with van der Waals surface area (Å²) >= 11 is 17.3. The van der Waals surface area contributed by atoms with Crippen LogP contribution in [0.25, 0.3) is 0 Å². The Hall–Kier alpha value is 0.790. The quantitative estimate of drug-likeness (QED) is 0.594. The Balaban J connectivity index is 4.31. The number of alkyl halides is 3. The van der Waals surface area contributed by atoms with Crippen molar-refractivity contribution in [2.75, 3.05) is 13.1 Å². The zero-order valence-electron chi connectivity index (χ0n) is 8.46. The monoisotopic (exact) mass is 248 g/mol. The van der Waals surface area contributed by atoms with Crippen LogP contribution >= 0.6 is 34.8 Å². The molecule has 0 heterocycles. The average molecular weight is 250 g/mol. The van der Waals surface area contributed by atoms with E-state index in [1.165, 1.54) is 0 Å². The molecule has 0 aromatic rings. The molecule has 0 radical (unpaired) electrons. The molecule has 0 amide bonds. The Morgan fingerprint density at radius 3 is 1.69 bits per heavy atom. The number of halogens is 3. The van der Waals surface area contributed by atoms with Crippen LogP contribution in [0, 0.1) is 0 Å². The maximum atomic E-state index is 5.78. The summed E-state index contributed by atoms with van der Waals surface area (Å²) in [6, 6.07) is 0. The molecule has 0 fully saturated rings. The predicted molar refractivity (Wildman–Crippen MR) is 57.5 cm³/mol. The van der Waals surface area contributed by atoms with Gasteiger partial charge in [-0.3, -0.25) is 0 Å². The standard InChI is InChI=1S/C8H16Cl3NO/c1-5-12(6-2)13-7(3,4)8(9,10)11/h5-6H2,1-4H3/p+1. The van der Waals surface area contributed by atoms with E-state index in [1.807, 2.05) is 13.8 Å². The van der Waals surface area contributed by atoms with E-state index in [2.05, 4.69) is 0 Å². The zero-order chi connectivity index (χ0) is 10.7. The molecule has 0 aromatic carbocycles. The van der Waals surface area contributed by atoms with E-state index in [1.54, 1.807) is 13.8 Å².